The van der Waals surface area contributed by atoms with Crippen LogP contribution < -0.4 is 5.32 Å². The molecule has 0 saturated carbocycles. The van der Waals surface area contributed by atoms with Gasteiger partial charge in [-0.25, -0.2) is 0 Å². The van der Waals surface area contributed by atoms with E-state index < -0.39 is 5.60 Å². The molecule has 4 nitrogen and oxygen atoms in total. The molecule has 0 saturated heterocycles. The summed E-state index contributed by atoms with van der Waals surface area (Å²) in [4.78, 5) is 11.6. The van der Waals surface area contributed by atoms with E-state index in [1.807, 2.05) is 13.2 Å². The molecule has 2 atom stereocenters. The first-order valence-corrected chi connectivity index (χ1v) is 7.47. The predicted octanol–water partition coefficient (Wildman–Crippen LogP) is 1.42. The van der Waals surface area contributed by atoms with Crippen LogP contribution in [0.3, 0.4) is 0 Å². The van der Waals surface area contributed by atoms with E-state index in [0.29, 0.717) is 18.9 Å². The molecule has 102 valence electrons. The van der Waals surface area contributed by atoms with Crippen LogP contribution in [0.15, 0.2) is 0 Å². The second kappa shape index (κ2) is 8.78. The fourth-order valence-electron chi connectivity index (χ4n) is 1.54. The number of nitrogens with one attached hydrogen (secondary N) is 1. The first kappa shape index (κ1) is 16.7. The maximum absolute atomic E-state index is 11.6. The molecule has 2 N–H and O–H groups in total. The van der Waals surface area contributed by atoms with Crippen LogP contribution >= 0.6 is 11.8 Å². The average Bonchev–Trinajstić information content (AvgIpc) is 2.24. The van der Waals surface area contributed by atoms with Crippen LogP contribution in [0.25, 0.3) is 0 Å². The van der Waals surface area contributed by atoms with Gasteiger partial charge in [0.2, 0.25) is 0 Å². The number of hydrogen-bond donors (Lipinski definition) is 2. The highest BCUT2D eigenvalue weighted by molar-refractivity contribution is 7.98. The van der Waals surface area contributed by atoms with Crippen LogP contribution in [0.4, 0.5) is 0 Å². The summed E-state index contributed by atoms with van der Waals surface area (Å²) in [7, 11) is 0. The molecular formula is C12H25NO3S. The van der Waals surface area contributed by atoms with Gasteiger partial charge < -0.3 is 15.2 Å². The standard InChI is InChI=1S/C12H25NO3S/c1-5-7-10(11(14)16-6-2)13-8-12(3,15)9-17-4/h10,13,15H,5-9H2,1-4H3. The number of carbonyl (C=O) groups excluding carboxylic acids is 1. The largest absolute Gasteiger partial charge is 0.465 e. The molecule has 0 bridgehead atoms. The quantitative estimate of drug-likeness (QED) is 0.616. The molecule has 0 radical (unpaired) electrons. The number of hydrogen-bond acceptors (Lipinski definition) is 5. The molecule has 0 rings (SSSR count). The third kappa shape index (κ3) is 7.63. The van der Waals surface area contributed by atoms with Gasteiger partial charge in [-0.3, -0.25) is 4.79 Å². The molecule has 2 unspecified atom stereocenters. The Kier molecular flexibility index (Phi) is 8.64. The van der Waals surface area contributed by atoms with Gasteiger partial charge >= 0.3 is 5.97 Å². The van der Waals surface area contributed by atoms with E-state index in [0.717, 1.165) is 12.8 Å². The minimum absolute atomic E-state index is 0.227. The lowest BCUT2D eigenvalue weighted by Gasteiger charge is -2.25. The molecule has 5 heteroatoms. The fraction of sp³-hybridized carbons (Fsp3) is 0.917. The lowest BCUT2D eigenvalue weighted by atomic mass is 10.1. The van der Waals surface area contributed by atoms with E-state index >= 15 is 0 Å². The second-order valence-electron chi connectivity index (χ2n) is 4.40. The highest BCUT2D eigenvalue weighted by Gasteiger charge is 2.24. The molecule has 0 amide bonds. The zero-order valence-corrected chi connectivity index (χ0v) is 12.1. The Labute approximate surface area is 108 Å². The van der Waals surface area contributed by atoms with Crippen molar-refractivity contribution in [3.63, 3.8) is 0 Å². The number of aliphatic hydroxyl groups is 1. The summed E-state index contributed by atoms with van der Waals surface area (Å²) in [6, 6.07) is -0.312. The van der Waals surface area contributed by atoms with Gasteiger partial charge in [0.1, 0.15) is 6.04 Å². The molecule has 0 aromatic heterocycles. The molecule has 0 spiro atoms. The van der Waals surface area contributed by atoms with Crippen molar-refractivity contribution >= 4 is 17.7 Å². The van der Waals surface area contributed by atoms with Crippen LogP contribution in [-0.2, 0) is 9.53 Å². The van der Waals surface area contributed by atoms with Gasteiger partial charge in [0, 0.05) is 12.3 Å². The molecule has 0 fully saturated rings. The van der Waals surface area contributed by atoms with E-state index in [9.17, 15) is 9.90 Å². The van der Waals surface area contributed by atoms with Gasteiger partial charge in [-0.05, 0) is 26.5 Å². The monoisotopic (exact) mass is 263 g/mol. The first-order valence-electron chi connectivity index (χ1n) is 6.08. The van der Waals surface area contributed by atoms with Crippen molar-refractivity contribution in [2.24, 2.45) is 0 Å². The van der Waals surface area contributed by atoms with Gasteiger partial charge in [-0.15, -0.1) is 0 Å². The van der Waals surface area contributed by atoms with Crippen LogP contribution in [0.1, 0.15) is 33.6 Å². The summed E-state index contributed by atoms with van der Waals surface area (Å²) in [6.45, 7) is 6.38. The molecule has 0 aliphatic carbocycles. The summed E-state index contributed by atoms with van der Waals surface area (Å²) in [5.74, 6) is 0.413. The van der Waals surface area contributed by atoms with Gasteiger partial charge in [0.15, 0.2) is 0 Å². The number of rotatable bonds is 9. The zero-order chi connectivity index (χ0) is 13.3. The maximum atomic E-state index is 11.6. The zero-order valence-electron chi connectivity index (χ0n) is 11.3. The maximum Gasteiger partial charge on any atom is 0.323 e. The highest BCUT2D eigenvalue weighted by atomic mass is 32.2. The first-order chi connectivity index (χ1) is 7.96. The second-order valence-corrected chi connectivity index (χ2v) is 5.27. The Morgan fingerprint density at radius 3 is 2.65 bits per heavy atom. The van der Waals surface area contributed by atoms with Crippen molar-refractivity contribution in [3.8, 4) is 0 Å². The van der Waals surface area contributed by atoms with Crippen LogP contribution in [0.2, 0.25) is 0 Å². The van der Waals surface area contributed by atoms with E-state index in [2.05, 4.69) is 5.32 Å². The van der Waals surface area contributed by atoms with E-state index in [-0.39, 0.29) is 12.0 Å². The lowest BCUT2D eigenvalue weighted by molar-refractivity contribution is -0.146. The summed E-state index contributed by atoms with van der Waals surface area (Å²) in [5, 5.41) is 13.1. The van der Waals surface area contributed by atoms with Crippen molar-refractivity contribution in [2.45, 2.75) is 45.3 Å². The van der Waals surface area contributed by atoms with Gasteiger partial charge in [-0.1, -0.05) is 13.3 Å². The molecule has 0 aromatic rings. The Morgan fingerprint density at radius 1 is 1.53 bits per heavy atom. The molecule has 17 heavy (non-hydrogen) atoms. The summed E-state index contributed by atoms with van der Waals surface area (Å²) >= 11 is 1.59. The number of carbonyl (C=O) groups is 1. The van der Waals surface area contributed by atoms with E-state index in [4.69, 9.17) is 4.74 Å². The minimum atomic E-state index is -0.794. The molecule has 0 aliphatic heterocycles. The Morgan fingerprint density at radius 2 is 2.18 bits per heavy atom. The van der Waals surface area contributed by atoms with Crippen LogP contribution in [0.5, 0.6) is 0 Å². The topological polar surface area (TPSA) is 58.6 Å². The van der Waals surface area contributed by atoms with Crippen molar-refractivity contribution < 1.29 is 14.6 Å². The Hall–Kier alpha value is -0.260. The Balaban J connectivity index is 4.20. The van der Waals surface area contributed by atoms with E-state index in [1.54, 1.807) is 25.6 Å². The smallest absolute Gasteiger partial charge is 0.323 e. The number of ether oxygens (including phenoxy) is 1. The average molecular weight is 263 g/mol. The minimum Gasteiger partial charge on any atom is -0.465 e. The molecule has 0 aliphatic rings. The summed E-state index contributed by atoms with van der Waals surface area (Å²) in [5.41, 5.74) is -0.794. The van der Waals surface area contributed by atoms with Crippen molar-refractivity contribution in [3.05, 3.63) is 0 Å². The van der Waals surface area contributed by atoms with Gasteiger partial charge in [0.25, 0.3) is 0 Å². The third-order valence-electron chi connectivity index (χ3n) is 2.33. The molecule has 0 heterocycles. The highest BCUT2D eigenvalue weighted by Crippen LogP contribution is 2.10. The lowest BCUT2D eigenvalue weighted by Crippen LogP contribution is -2.47. The van der Waals surface area contributed by atoms with Crippen molar-refractivity contribution in [2.75, 3.05) is 25.2 Å². The van der Waals surface area contributed by atoms with Crippen molar-refractivity contribution in [1.29, 1.82) is 0 Å². The molecule has 0 aromatic carbocycles. The summed E-state index contributed by atoms with van der Waals surface area (Å²) in [6.07, 6.45) is 3.58. The predicted molar refractivity (Wildman–Crippen MR) is 72.3 cm³/mol. The SMILES string of the molecule is CCCC(NCC(C)(O)CSC)C(=O)OCC. The molecular weight excluding hydrogens is 238 g/mol. The van der Waals surface area contributed by atoms with Crippen LogP contribution in [-0.4, -0.2) is 47.9 Å². The Bertz CT molecular complexity index is 222. The van der Waals surface area contributed by atoms with Gasteiger partial charge in [-0.2, -0.15) is 11.8 Å². The normalized spacial score (nSPS) is 16.3. The van der Waals surface area contributed by atoms with Crippen molar-refractivity contribution in [1.82, 2.24) is 5.32 Å². The fourth-order valence-corrected chi connectivity index (χ4v) is 2.26. The van der Waals surface area contributed by atoms with E-state index in [1.165, 1.54) is 0 Å². The third-order valence-corrected chi connectivity index (χ3v) is 3.24. The number of thioether (sulfide) groups is 1. The number of esters is 1. The van der Waals surface area contributed by atoms with Crippen LogP contribution in [0, 0.1) is 0 Å². The van der Waals surface area contributed by atoms with Gasteiger partial charge in [0.05, 0.1) is 12.2 Å². The summed E-state index contributed by atoms with van der Waals surface area (Å²) < 4.78 is 4.99.